The van der Waals surface area contributed by atoms with E-state index < -0.39 is 10.0 Å². The summed E-state index contributed by atoms with van der Waals surface area (Å²) in [6, 6.07) is 19.6. The van der Waals surface area contributed by atoms with E-state index in [1.807, 2.05) is 38.1 Å². The van der Waals surface area contributed by atoms with Crippen molar-refractivity contribution in [1.82, 2.24) is 0 Å². The fourth-order valence-electron chi connectivity index (χ4n) is 3.72. The fraction of sp³-hybridized carbons (Fsp3) is 0.208. The summed E-state index contributed by atoms with van der Waals surface area (Å²) in [5.41, 5.74) is 5.20. The summed E-state index contributed by atoms with van der Waals surface area (Å²) in [7, 11) is -1.86. The molecule has 0 spiro atoms. The number of hydrogen-bond acceptors (Lipinski definition) is 3. The summed E-state index contributed by atoms with van der Waals surface area (Å²) in [5, 5.41) is 0. The van der Waals surface area contributed by atoms with Gasteiger partial charge in [0.2, 0.25) is 0 Å². The van der Waals surface area contributed by atoms with E-state index in [0.717, 1.165) is 16.8 Å². The number of fused-ring (bicyclic) bond motifs is 1. The number of rotatable bonds is 4. The van der Waals surface area contributed by atoms with Gasteiger partial charge in [0, 0.05) is 24.8 Å². The molecule has 3 aromatic carbocycles. The van der Waals surface area contributed by atoms with E-state index in [0.29, 0.717) is 24.2 Å². The molecular weight excluding hydrogens is 396 g/mol. The van der Waals surface area contributed by atoms with Crippen molar-refractivity contribution in [2.75, 3.05) is 22.8 Å². The molecule has 0 atom stereocenters. The van der Waals surface area contributed by atoms with Gasteiger partial charge in [-0.3, -0.25) is 9.10 Å². The smallest absolute Gasteiger partial charge is 0.264 e. The van der Waals surface area contributed by atoms with Crippen LogP contribution in [0, 0.1) is 13.8 Å². The number of amides is 1. The van der Waals surface area contributed by atoms with E-state index in [4.69, 9.17) is 0 Å². The Balaban J connectivity index is 1.62. The predicted molar refractivity (Wildman–Crippen MR) is 120 cm³/mol. The molecule has 0 radical (unpaired) electrons. The lowest BCUT2D eigenvalue weighted by molar-refractivity contribution is 0.0993. The topological polar surface area (TPSA) is 57.7 Å². The molecule has 0 N–H and O–H groups in total. The molecule has 1 aliphatic rings. The van der Waals surface area contributed by atoms with E-state index in [9.17, 15) is 13.2 Å². The number of nitrogens with zero attached hydrogens (tertiary/aromatic N) is 2. The molecule has 6 heteroatoms. The van der Waals surface area contributed by atoms with Gasteiger partial charge in [0.15, 0.2) is 0 Å². The molecule has 4 rings (SSSR count). The first-order valence-corrected chi connectivity index (χ1v) is 11.3. The van der Waals surface area contributed by atoms with E-state index in [1.165, 1.54) is 9.87 Å². The molecule has 0 saturated heterocycles. The Morgan fingerprint density at radius 1 is 0.933 bits per heavy atom. The van der Waals surface area contributed by atoms with Crippen LogP contribution in [0.15, 0.2) is 71.6 Å². The minimum atomic E-state index is -3.62. The van der Waals surface area contributed by atoms with Gasteiger partial charge in [-0.15, -0.1) is 0 Å². The number of carbonyl (C=O) groups excluding carboxylic acids is 1. The van der Waals surface area contributed by atoms with Gasteiger partial charge >= 0.3 is 0 Å². The Morgan fingerprint density at radius 2 is 1.67 bits per heavy atom. The average molecular weight is 421 g/mol. The highest BCUT2D eigenvalue weighted by Crippen LogP contribution is 2.34. The fourth-order valence-corrected chi connectivity index (χ4v) is 5.24. The number of benzene rings is 3. The molecule has 3 aromatic rings. The zero-order valence-corrected chi connectivity index (χ0v) is 18.1. The number of carbonyl (C=O) groups is 1. The summed E-state index contributed by atoms with van der Waals surface area (Å²) in [6.45, 7) is 4.43. The number of hydrogen-bond donors (Lipinski definition) is 0. The number of anilines is 2. The zero-order valence-electron chi connectivity index (χ0n) is 17.3. The lowest BCUT2D eigenvalue weighted by Crippen LogP contribution is -2.29. The van der Waals surface area contributed by atoms with Gasteiger partial charge in [-0.25, -0.2) is 8.42 Å². The Bertz CT molecular complexity index is 1220. The first kappa shape index (κ1) is 20.2. The van der Waals surface area contributed by atoms with E-state index in [-0.39, 0.29) is 10.8 Å². The summed E-state index contributed by atoms with van der Waals surface area (Å²) in [5.74, 6) is -0.120. The normalized spacial score (nSPS) is 13.2. The zero-order chi connectivity index (χ0) is 21.5. The van der Waals surface area contributed by atoms with Crippen molar-refractivity contribution in [2.45, 2.75) is 25.2 Å². The number of sulfonamides is 1. The minimum Gasteiger partial charge on any atom is -0.311 e. The third-order valence-electron chi connectivity index (χ3n) is 5.69. The molecule has 1 amide bonds. The van der Waals surface area contributed by atoms with Gasteiger partial charge in [0.1, 0.15) is 0 Å². The molecule has 0 aromatic heterocycles. The summed E-state index contributed by atoms with van der Waals surface area (Å²) in [4.78, 5) is 14.9. The number of aryl methyl sites for hydroxylation is 2. The van der Waals surface area contributed by atoms with Crippen molar-refractivity contribution in [2.24, 2.45) is 0 Å². The van der Waals surface area contributed by atoms with Gasteiger partial charge in [-0.2, -0.15) is 0 Å². The molecule has 1 heterocycles. The third kappa shape index (κ3) is 3.48. The van der Waals surface area contributed by atoms with Gasteiger partial charge < -0.3 is 4.90 Å². The van der Waals surface area contributed by atoms with Crippen LogP contribution < -0.4 is 9.21 Å². The van der Waals surface area contributed by atoms with Crippen LogP contribution in [0.4, 0.5) is 11.4 Å². The molecule has 1 aliphatic heterocycles. The predicted octanol–water partition coefficient (Wildman–Crippen LogP) is 4.33. The second-order valence-electron chi connectivity index (χ2n) is 7.62. The first-order chi connectivity index (χ1) is 14.3. The van der Waals surface area contributed by atoms with Crippen molar-refractivity contribution in [1.29, 1.82) is 0 Å². The van der Waals surface area contributed by atoms with Crippen LogP contribution in [0.5, 0.6) is 0 Å². The highest BCUT2D eigenvalue weighted by atomic mass is 32.2. The second kappa shape index (κ2) is 7.61. The maximum absolute atomic E-state index is 13.0. The van der Waals surface area contributed by atoms with Crippen LogP contribution >= 0.6 is 0 Å². The van der Waals surface area contributed by atoms with Crippen molar-refractivity contribution < 1.29 is 13.2 Å². The van der Waals surface area contributed by atoms with E-state index in [1.54, 1.807) is 54.4 Å². The Kier molecular flexibility index (Phi) is 5.12. The highest BCUT2D eigenvalue weighted by Gasteiger charge is 2.31. The lowest BCUT2D eigenvalue weighted by Gasteiger charge is -2.21. The standard InChI is InChI=1S/C24H24N2O3S/c1-17-9-11-21(15-18(17)2)25(3)24(27)20-10-12-23-19(16-20)13-14-26(23)30(28,29)22-7-5-4-6-8-22/h4-12,15-16H,13-14H2,1-3H3. The van der Waals surface area contributed by atoms with Gasteiger partial charge in [-0.05, 0) is 79.4 Å². The highest BCUT2D eigenvalue weighted by molar-refractivity contribution is 7.92. The quantitative estimate of drug-likeness (QED) is 0.631. The van der Waals surface area contributed by atoms with Crippen LogP contribution in [0.2, 0.25) is 0 Å². The van der Waals surface area contributed by atoms with Crippen LogP contribution in [0.3, 0.4) is 0 Å². The molecule has 5 nitrogen and oxygen atoms in total. The molecule has 0 unspecified atom stereocenters. The summed E-state index contributed by atoms with van der Waals surface area (Å²) < 4.78 is 27.5. The molecule has 0 saturated carbocycles. The first-order valence-electron chi connectivity index (χ1n) is 9.85. The molecule has 30 heavy (non-hydrogen) atoms. The average Bonchev–Trinajstić information content (AvgIpc) is 3.19. The van der Waals surface area contributed by atoms with Gasteiger partial charge in [0.05, 0.1) is 10.6 Å². The Hall–Kier alpha value is -3.12. The molecular formula is C24H24N2O3S. The van der Waals surface area contributed by atoms with Crippen molar-refractivity contribution in [3.8, 4) is 0 Å². The Morgan fingerprint density at radius 3 is 2.37 bits per heavy atom. The van der Waals surface area contributed by atoms with Gasteiger partial charge in [-0.1, -0.05) is 24.3 Å². The van der Waals surface area contributed by atoms with Crippen LogP contribution in [0.25, 0.3) is 0 Å². The van der Waals surface area contributed by atoms with E-state index in [2.05, 4.69) is 0 Å². The summed E-state index contributed by atoms with van der Waals surface area (Å²) >= 11 is 0. The molecule has 154 valence electrons. The van der Waals surface area contributed by atoms with Crippen molar-refractivity contribution in [3.05, 3.63) is 89.0 Å². The van der Waals surface area contributed by atoms with Crippen LogP contribution in [0.1, 0.15) is 27.0 Å². The largest absolute Gasteiger partial charge is 0.311 e. The Labute approximate surface area is 177 Å². The van der Waals surface area contributed by atoms with Crippen molar-refractivity contribution >= 4 is 27.3 Å². The van der Waals surface area contributed by atoms with Crippen LogP contribution in [-0.4, -0.2) is 27.9 Å². The second-order valence-corrected chi connectivity index (χ2v) is 9.48. The SMILES string of the molecule is Cc1ccc(N(C)C(=O)c2ccc3c(c2)CCN3S(=O)(=O)c2ccccc2)cc1C. The van der Waals surface area contributed by atoms with Crippen LogP contribution in [-0.2, 0) is 16.4 Å². The minimum absolute atomic E-state index is 0.120. The lowest BCUT2D eigenvalue weighted by atomic mass is 10.1. The molecule has 0 aliphatic carbocycles. The maximum Gasteiger partial charge on any atom is 0.264 e. The van der Waals surface area contributed by atoms with Crippen molar-refractivity contribution in [3.63, 3.8) is 0 Å². The maximum atomic E-state index is 13.0. The van der Waals surface area contributed by atoms with Gasteiger partial charge in [0.25, 0.3) is 15.9 Å². The third-order valence-corrected chi connectivity index (χ3v) is 7.52. The van der Waals surface area contributed by atoms with E-state index >= 15 is 0 Å². The summed E-state index contributed by atoms with van der Waals surface area (Å²) in [6.07, 6.45) is 0.579. The molecule has 0 bridgehead atoms. The monoisotopic (exact) mass is 420 g/mol. The molecule has 0 fully saturated rings.